The fourth-order valence-corrected chi connectivity index (χ4v) is 3.27. The van der Waals surface area contributed by atoms with E-state index in [1.807, 2.05) is 6.92 Å². The first-order valence-corrected chi connectivity index (χ1v) is 7.82. The summed E-state index contributed by atoms with van der Waals surface area (Å²) < 4.78 is 0. The quantitative estimate of drug-likeness (QED) is 0.808. The van der Waals surface area contributed by atoms with E-state index in [1.165, 1.54) is 64.2 Å². The lowest BCUT2D eigenvalue weighted by molar-refractivity contribution is -0.123. The fourth-order valence-electron chi connectivity index (χ4n) is 3.27. The van der Waals surface area contributed by atoms with Crippen LogP contribution in [0.4, 0.5) is 0 Å². The van der Waals surface area contributed by atoms with E-state index in [9.17, 15) is 4.79 Å². The smallest absolute Gasteiger partial charge is 0.237 e. The van der Waals surface area contributed by atoms with Crippen molar-refractivity contribution in [3.8, 4) is 0 Å². The first-order chi connectivity index (χ1) is 8.75. The Morgan fingerprint density at radius 1 is 0.889 bits per heavy atom. The Morgan fingerprint density at radius 3 is 1.94 bits per heavy atom. The number of hydrogen-bond acceptors (Lipinski definition) is 2. The van der Waals surface area contributed by atoms with Crippen LogP contribution in [-0.2, 0) is 4.79 Å². The average molecular weight is 252 g/mol. The van der Waals surface area contributed by atoms with Gasteiger partial charge >= 0.3 is 0 Å². The lowest BCUT2D eigenvalue weighted by atomic mass is 9.94. The molecule has 104 valence electrons. The zero-order valence-electron chi connectivity index (χ0n) is 11.7. The van der Waals surface area contributed by atoms with E-state index < -0.39 is 0 Å². The summed E-state index contributed by atoms with van der Waals surface area (Å²) in [6, 6.07) is 0.961. The first kappa shape index (κ1) is 13.9. The maximum Gasteiger partial charge on any atom is 0.237 e. The Hall–Kier alpha value is -0.570. The van der Waals surface area contributed by atoms with Crippen molar-refractivity contribution >= 4 is 5.91 Å². The summed E-state index contributed by atoms with van der Waals surface area (Å²) in [7, 11) is 0. The normalized spacial score (nSPS) is 24.7. The molecule has 2 N–H and O–H groups in total. The molecule has 3 nitrogen and oxygen atoms in total. The predicted molar refractivity (Wildman–Crippen MR) is 74.5 cm³/mol. The molecule has 2 saturated carbocycles. The second-order valence-electron chi connectivity index (χ2n) is 6.07. The van der Waals surface area contributed by atoms with E-state index in [0.717, 1.165) is 0 Å². The molecule has 0 saturated heterocycles. The zero-order valence-corrected chi connectivity index (χ0v) is 11.7. The minimum Gasteiger partial charge on any atom is -0.352 e. The Kier molecular flexibility index (Phi) is 5.48. The third-order valence-electron chi connectivity index (χ3n) is 4.44. The number of carbonyl (C=O) groups excluding carboxylic acids is 1. The topological polar surface area (TPSA) is 41.1 Å². The van der Waals surface area contributed by atoms with Gasteiger partial charge in [0, 0.05) is 12.1 Å². The number of nitrogens with one attached hydrogen (secondary N) is 2. The largest absolute Gasteiger partial charge is 0.352 e. The number of carbonyl (C=O) groups is 1. The molecule has 18 heavy (non-hydrogen) atoms. The number of amides is 1. The second-order valence-corrected chi connectivity index (χ2v) is 6.07. The minimum atomic E-state index is -0.0324. The van der Waals surface area contributed by atoms with E-state index in [-0.39, 0.29) is 11.9 Å². The van der Waals surface area contributed by atoms with Gasteiger partial charge in [-0.05, 0) is 32.6 Å². The van der Waals surface area contributed by atoms with Crippen molar-refractivity contribution in [3.05, 3.63) is 0 Å². The zero-order chi connectivity index (χ0) is 12.8. The van der Waals surface area contributed by atoms with Gasteiger partial charge in [-0.25, -0.2) is 0 Å². The summed E-state index contributed by atoms with van der Waals surface area (Å²) in [6.07, 6.45) is 12.7. The van der Waals surface area contributed by atoms with Gasteiger partial charge in [-0.2, -0.15) is 0 Å². The molecular weight excluding hydrogens is 224 g/mol. The van der Waals surface area contributed by atoms with Crippen molar-refractivity contribution in [3.63, 3.8) is 0 Å². The molecule has 2 rings (SSSR count). The van der Waals surface area contributed by atoms with Gasteiger partial charge in [0.25, 0.3) is 0 Å². The maximum atomic E-state index is 12.1. The van der Waals surface area contributed by atoms with Crippen LogP contribution in [-0.4, -0.2) is 24.0 Å². The lowest BCUT2D eigenvalue weighted by Crippen LogP contribution is -2.50. The molecule has 0 radical (unpaired) electrons. The van der Waals surface area contributed by atoms with Crippen molar-refractivity contribution < 1.29 is 4.79 Å². The van der Waals surface area contributed by atoms with Gasteiger partial charge in [-0.3, -0.25) is 4.79 Å². The molecule has 0 aromatic rings. The van der Waals surface area contributed by atoms with Gasteiger partial charge in [0.2, 0.25) is 5.91 Å². The molecule has 1 atom stereocenters. The van der Waals surface area contributed by atoms with Crippen molar-refractivity contribution in [1.82, 2.24) is 10.6 Å². The molecule has 2 fully saturated rings. The Balaban J connectivity index is 1.69. The highest BCUT2D eigenvalue weighted by molar-refractivity contribution is 5.81. The van der Waals surface area contributed by atoms with Gasteiger partial charge in [0.15, 0.2) is 0 Å². The van der Waals surface area contributed by atoms with Crippen LogP contribution in [0, 0.1) is 0 Å². The molecule has 0 aromatic carbocycles. The van der Waals surface area contributed by atoms with Crippen LogP contribution in [0.25, 0.3) is 0 Å². The first-order valence-electron chi connectivity index (χ1n) is 7.82. The van der Waals surface area contributed by atoms with E-state index >= 15 is 0 Å². The van der Waals surface area contributed by atoms with Crippen LogP contribution < -0.4 is 10.6 Å². The van der Waals surface area contributed by atoms with Crippen molar-refractivity contribution in [2.24, 2.45) is 0 Å². The van der Waals surface area contributed by atoms with Gasteiger partial charge in [-0.1, -0.05) is 38.5 Å². The van der Waals surface area contributed by atoms with Crippen LogP contribution in [0.15, 0.2) is 0 Å². The van der Waals surface area contributed by atoms with Crippen molar-refractivity contribution in [2.45, 2.75) is 89.3 Å². The van der Waals surface area contributed by atoms with E-state index in [4.69, 9.17) is 0 Å². The summed E-state index contributed by atoms with van der Waals surface area (Å²) in [6.45, 7) is 2.01. The maximum absolute atomic E-state index is 12.1. The van der Waals surface area contributed by atoms with Crippen LogP contribution in [0.5, 0.6) is 0 Å². The van der Waals surface area contributed by atoms with Crippen molar-refractivity contribution in [1.29, 1.82) is 0 Å². The Bertz CT molecular complexity index is 255. The molecule has 1 amide bonds. The standard InChI is InChI=1S/C15H28N2O/c1-12(16-13-8-4-2-5-9-13)15(18)17-14-10-6-3-7-11-14/h12-14,16H,2-11H2,1H3,(H,17,18). The highest BCUT2D eigenvalue weighted by atomic mass is 16.2. The summed E-state index contributed by atoms with van der Waals surface area (Å²) in [5.74, 6) is 0.201. The van der Waals surface area contributed by atoms with Crippen LogP contribution in [0.2, 0.25) is 0 Å². The summed E-state index contributed by atoms with van der Waals surface area (Å²) in [4.78, 5) is 12.1. The van der Waals surface area contributed by atoms with Gasteiger partial charge in [-0.15, -0.1) is 0 Å². The monoisotopic (exact) mass is 252 g/mol. The summed E-state index contributed by atoms with van der Waals surface area (Å²) in [5.41, 5.74) is 0. The third-order valence-corrected chi connectivity index (χ3v) is 4.44. The van der Waals surface area contributed by atoms with Crippen LogP contribution >= 0.6 is 0 Å². The SMILES string of the molecule is CC(NC1CCCCC1)C(=O)NC1CCCCC1. The molecule has 2 aliphatic carbocycles. The minimum absolute atomic E-state index is 0.0324. The van der Waals surface area contributed by atoms with Gasteiger partial charge in [0.1, 0.15) is 0 Å². The van der Waals surface area contributed by atoms with Crippen molar-refractivity contribution in [2.75, 3.05) is 0 Å². The highest BCUT2D eigenvalue weighted by Crippen LogP contribution is 2.19. The van der Waals surface area contributed by atoms with E-state index in [2.05, 4.69) is 10.6 Å². The summed E-state index contributed by atoms with van der Waals surface area (Å²) in [5, 5.41) is 6.70. The molecule has 1 unspecified atom stereocenters. The lowest BCUT2D eigenvalue weighted by Gasteiger charge is -2.28. The number of hydrogen-bond donors (Lipinski definition) is 2. The third kappa shape index (κ3) is 4.27. The summed E-state index contributed by atoms with van der Waals surface area (Å²) >= 11 is 0. The average Bonchev–Trinajstić information content (AvgIpc) is 2.41. The Morgan fingerprint density at radius 2 is 1.39 bits per heavy atom. The number of rotatable bonds is 4. The molecule has 0 bridgehead atoms. The predicted octanol–water partition coefficient (Wildman–Crippen LogP) is 2.75. The molecule has 2 aliphatic rings. The fraction of sp³-hybridized carbons (Fsp3) is 0.933. The van der Waals surface area contributed by atoms with Gasteiger partial charge < -0.3 is 10.6 Å². The molecule has 0 aliphatic heterocycles. The van der Waals surface area contributed by atoms with Crippen LogP contribution in [0.3, 0.4) is 0 Å². The molecule has 3 heteroatoms. The second kappa shape index (κ2) is 7.13. The highest BCUT2D eigenvalue weighted by Gasteiger charge is 2.22. The van der Waals surface area contributed by atoms with Crippen LogP contribution in [0.1, 0.15) is 71.1 Å². The Labute approximate surface area is 111 Å². The molecule has 0 aromatic heterocycles. The molecule has 0 spiro atoms. The van der Waals surface area contributed by atoms with Gasteiger partial charge in [0.05, 0.1) is 6.04 Å². The van der Waals surface area contributed by atoms with E-state index in [0.29, 0.717) is 12.1 Å². The molecular formula is C15H28N2O. The molecule has 0 heterocycles. The van der Waals surface area contributed by atoms with E-state index in [1.54, 1.807) is 0 Å².